The van der Waals surface area contributed by atoms with Gasteiger partial charge in [-0.05, 0) is 15.9 Å². The van der Waals surface area contributed by atoms with Gasteiger partial charge in [-0.1, -0.05) is 11.6 Å². The zero-order chi connectivity index (χ0) is 12.6. The molecule has 0 saturated carbocycles. The fourth-order valence-electron chi connectivity index (χ4n) is 2.32. The Bertz CT molecular complexity index is 444. The number of piperidine rings is 1. The van der Waals surface area contributed by atoms with Crippen molar-refractivity contribution in [3.63, 3.8) is 0 Å². The molecule has 1 aromatic rings. The quantitative estimate of drug-likeness (QED) is 0.737. The van der Waals surface area contributed by atoms with Gasteiger partial charge < -0.3 is 14.4 Å². The van der Waals surface area contributed by atoms with Crippen LogP contribution in [-0.4, -0.2) is 42.1 Å². The van der Waals surface area contributed by atoms with Gasteiger partial charge >= 0.3 is 0 Å². The van der Waals surface area contributed by atoms with Crippen LogP contribution in [-0.2, 0) is 9.47 Å². The number of rotatable bonds is 1. The Morgan fingerprint density at radius 1 is 1.28 bits per heavy atom. The average molecular weight is 335 g/mol. The van der Waals surface area contributed by atoms with Crippen LogP contribution in [0.1, 0.15) is 12.8 Å². The van der Waals surface area contributed by atoms with Crippen LogP contribution in [0.25, 0.3) is 0 Å². The molecule has 3 rings (SSSR count). The fraction of sp³-hybridized carbons (Fsp3) is 0.636. The van der Waals surface area contributed by atoms with Crippen molar-refractivity contribution in [2.24, 2.45) is 0 Å². The van der Waals surface area contributed by atoms with E-state index < -0.39 is 0 Å². The summed E-state index contributed by atoms with van der Waals surface area (Å²) < 4.78 is 12.1. The van der Waals surface area contributed by atoms with Gasteiger partial charge in [-0.3, -0.25) is 0 Å². The van der Waals surface area contributed by atoms with Crippen LogP contribution in [0.4, 0.5) is 5.95 Å². The van der Waals surface area contributed by atoms with E-state index in [-0.39, 0.29) is 5.79 Å². The Morgan fingerprint density at radius 2 is 1.94 bits per heavy atom. The summed E-state index contributed by atoms with van der Waals surface area (Å²) in [6.45, 7) is 3.02. The van der Waals surface area contributed by atoms with Crippen LogP contribution in [0, 0.1) is 0 Å². The van der Waals surface area contributed by atoms with E-state index in [4.69, 9.17) is 21.1 Å². The van der Waals surface area contributed by atoms with Crippen molar-refractivity contribution in [1.82, 2.24) is 9.97 Å². The van der Waals surface area contributed by atoms with Crippen molar-refractivity contribution < 1.29 is 9.47 Å². The van der Waals surface area contributed by atoms with Crippen LogP contribution in [0.5, 0.6) is 0 Å². The van der Waals surface area contributed by atoms with E-state index in [9.17, 15) is 0 Å². The molecule has 0 N–H and O–H groups in total. The normalized spacial score (nSPS) is 22.7. The molecule has 0 radical (unpaired) electrons. The van der Waals surface area contributed by atoms with Gasteiger partial charge in [-0.15, -0.1) is 0 Å². The summed E-state index contributed by atoms with van der Waals surface area (Å²) in [7, 11) is 0. The molecule has 1 spiro atoms. The zero-order valence-electron chi connectivity index (χ0n) is 9.73. The molecule has 98 valence electrons. The minimum atomic E-state index is -0.365. The topological polar surface area (TPSA) is 47.5 Å². The van der Waals surface area contributed by atoms with Gasteiger partial charge in [0.15, 0.2) is 5.79 Å². The highest BCUT2D eigenvalue weighted by atomic mass is 79.9. The van der Waals surface area contributed by atoms with Gasteiger partial charge in [0.05, 0.1) is 17.7 Å². The molecule has 0 bridgehead atoms. The van der Waals surface area contributed by atoms with Gasteiger partial charge in [0, 0.05) is 32.1 Å². The number of aromatic nitrogens is 2. The van der Waals surface area contributed by atoms with E-state index in [1.165, 1.54) is 0 Å². The van der Waals surface area contributed by atoms with Crippen molar-refractivity contribution in [2.45, 2.75) is 18.6 Å². The smallest absolute Gasteiger partial charge is 0.226 e. The molecule has 1 aromatic heterocycles. The first-order chi connectivity index (χ1) is 8.69. The third-order valence-corrected chi connectivity index (χ3v) is 4.41. The van der Waals surface area contributed by atoms with Gasteiger partial charge in [0.2, 0.25) is 5.95 Å². The van der Waals surface area contributed by atoms with Gasteiger partial charge in [0.25, 0.3) is 0 Å². The first-order valence-corrected chi connectivity index (χ1v) is 7.07. The molecule has 0 atom stereocenters. The molecule has 5 nitrogen and oxygen atoms in total. The second-order valence-electron chi connectivity index (χ2n) is 4.40. The van der Waals surface area contributed by atoms with Crippen molar-refractivity contribution in [2.75, 3.05) is 31.2 Å². The predicted octanol–water partition coefficient (Wildman–Crippen LogP) is 2.24. The number of anilines is 1. The summed E-state index contributed by atoms with van der Waals surface area (Å²) in [4.78, 5) is 10.6. The average Bonchev–Trinajstić information content (AvgIpc) is 2.82. The van der Waals surface area contributed by atoms with Crippen molar-refractivity contribution in [3.8, 4) is 0 Å². The monoisotopic (exact) mass is 333 g/mol. The van der Waals surface area contributed by atoms with Crippen LogP contribution in [0.15, 0.2) is 10.7 Å². The number of halogens is 2. The number of ether oxygens (including phenoxy) is 2. The lowest BCUT2D eigenvalue weighted by Crippen LogP contribution is -2.45. The van der Waals surface area contributed by atoms with Gasteiger partial charge in [-0.25, -0.2) is 4.98 Å². The Balaban J connectivity index is 1.70. The van der Waals surface area contributed by atoms with Gasteiger partial charge in [0.1, 0.15) is 5.15 Å². The molecule has 0 unspecified atom stereocenters. The van der Waals surface area contributed by atoms with E-state index in [2.05, 4.69) is 30.8 Å². The summed E-state index contributed by atoms with van der Waals surface area (Å²) in [5.41, 5.74) is 0. The predicted molar refractivity (Wildman–Crippen MR) is 70.8 cm³/mol. The third kappa shape index (κ3) is 2.34. The summed E-state index contributed by atoms with van der Waals surface area (Å²) in [6, 6.07) is 0. The molecule has 2 saturated heterocycles. The minimum absolute atomic E-state index is 0.365. The molecule has 7 heteroatoms. The van der Waals surface area contributed by atoms with E-state index >= 15 is 0 Å². The molecule has 0 aromatic carbocycles. The van der Waals surface area contributed by atoms with Crippen molar-refractivity contribution in [1.29, 1.82) is 0 Å². The molecule has 2 fully saturated rings. The molecular formula is C11H13BrClN3O2. The third-order valence-electron chi connectivity index (χ3n) is 3.31. The van der Waals surface area contributed by atoms with Crippen LogP contribution < -0.4 is 4.90 Å². The molecule has 2 aliphatic rings. The lowest BCUT2D eigenvalue weighted by molar-refractivity contribution is -0.169. The largest absolute Gasteiger partial charge is 0.347 e. The highest BCUT2D eigenvalue weighted by Crippen LogP contribution is 2.32. The summed E-state index contributed by atoms with van der Waals surface area (Å²) in [5.74, 6) is 0.298. The van der Waals surface area contributed by atoms with E-state index in [0.717, 1.165) is 25.9 Å². The Labute approximate surface area is 119 Å². The molecule has 18 heavy (non-hydrogen) atoms. The maximum absolute atomic E-state index is 5.98. The zero-order valence-corrected chi connectivity index (χ0v) is 12.1. The van der Waals surface area contributed by atoms with Crippen LogP contribution in [0.3, 0.4) is 0 Å². The highest BCUT2D eigenvalue weighted by Gasteiger charge is 2.40. The van der Waals surface area contributed by atoms with Gasteiger partial charge in [-0.2, -0.15) is 4.98 Å². The van der Waals surface area contributed by atoms with E-state index in [0.29, 0.717) is 28.8 Å². The van der Waals surface area contributed by atoms with Crippen molar-refractivity contribution >= 4 is 33.5 Å². The second kappa shape index (κ2) is 4.92. The summed E-state index contributed by atoms with van der Waals surface area (Å²) in [6.07, 6.45) is 3.35. The lowest BCUT2D eigenvalue weighted by atomic mass is 10.0. The maximum Gasteiger partial charge on any atom is 0.226 e. The Hall–Kier alpha value is -0.430. The van der Waals surface area contributed by atoms with E-state index in [1.54, 1.807) is 6.20 Å². The molecule has 0 amide bonds. The first-order valence-electron chi connectivity index (χ1n) is 5.89. The molecule has 0 aliphatic carbocycles. The maximum atomic E-state index is 5.98. The lowest BCUT2D eigenvalue weighted by Gasteiger charge is -2.37. The number of hydrogen-bond acceptors (Lipinski definition) is 5. The van der Waals surface area contributed by atoms with Crippen molar-refractivity contribution in [3.05, 3.63) is 15.8 Å². The molecule has 3 heterocycles. The fourth-order valence-corrected chi connectivity index (χ4v) is 2.64. The summed E-state index contributed by atoms with van der Waals surface area (Å²) >= 11 is 9.27. The first kappa shape index (κ1) is 12.6. The standard InChI is InChI=1S/C11H13BrClN3O2/c12-8-7-14-10(15-9(8)13)16-3-1-11(2-4-16)17-5-6-18-11/h7H,1-6H2. The Morgan fingerprint density at radius 3 is 2.56 bits per heavy atom. The SMILES string of the molecule is Clc1nc(N2CCC3(CC2)OCCO3)ncc1Br. The second-order valence-corrected chi connectivity index (χ2v) is 5.62. The van der Waals surface area contributed by atoms with Crippen LogP contribution in [0.2, 0.25) is 5.15 Å². The molecule has 2 aliphatic heterocycles. The summed E-state index contributed by atoms with van der Waals surface area (Å²) in [5, 5.41) is 0.439. The number of nitrogens with zero attached hydrogens (tertiary/aromatic N) is 3. The highest BCUT2D eigenvalue weighted by molar-refractivity contribution is 9.10. The minimum Gasteiger partial charge on any atom is -0.347 e. The van der Waals surface area contributed by atoms with E-state index in [1.807, 2.05) is 0 Å². The molecular weight excluding hydrogens is 321 g/mol. The Kier molecular flexibility index (Phi) is 3.44. The number of hydrogen-bond donors (Lipinski definition) is 0. The van der Waals surface area contributed by atoms with Crippen LogP contribution >= 0.6 is 27.5 Å².